The van der Waals surface area contributed by atoms with Gasteiger partial charge in [-0.05, 0) is 17.7 Å². The quantitative estimate of drug-likeness (QED) is 0.793. The number of hydrogen-bond donors (Lipinski definition) is 1. The number of aliphatic hydroxyl groups is 1. The van der Waals surface area contributed by atoms with E-state index >= 15 is 0 Å². The van der Waals surface area contributed by atoms with Gasteiger partial charge in [0, 0.05) is 5.92 Å². The summed E-state index contributed by atoms with van der Waals surface area (Å²) in [6, 6.07) is 5.57. The molecule has 0 saturated heterocycles. The van der Waals surface area contributed by atoms with E-state index in [1.165, 1.54) is 0 Å². The van der Waals surface area contributed by atoms with Crippen molar-refractivity contribution in [3.05, 3.63) is 29.7 Å². The summed E-state index contributed by atoms with van der Waals surface area (Å²) in [6.07, 6.45) is 0. The molecule has 0 aliphatic carbocycles. The summed E-state index contributed by atoms with van der Waals surface area (Å²) in [5, 5.41) is 8.97. The molecule has 0 unspecified atom stereocenters. The molecule has 1 aromatic carbocycles. The van der Waals surface area contributed by atoms with Gasteiger partial charge in [0.25, 0.3) is 0 Å². The lowest BCUT2D eigenvalue weighted by Crippen LogP contribution is -2.01. The first-order valence-corrected chi connectivity index (χ1v) is 4.38. The van der Waals surface area contributed by atoms with E-state index in [0.717, 1.165) is 11.5 Å². The minimum absolute atomic E-state index is 0.0511. The molecule has 3 heteroatoms. The summed E-state index contributed by atoms with van der Waals surface area (Å²) >= 11 is 0. The standard InChI is InChI=1S/C11H15O3/c1-8(7-12)9-4-5-10(13-2)11(6-9)14-3/h4-6,12H,7H2,1-3H3. The van der Waals surface area contributed by atoms with E-state index in [2.05, 4.69) is 0 Å². The topological polar surface area (TPSA) is 38.7 Å². The van der Waals surface area contributed by atoms with Gasteiger partial charge in [0.15, 0.2) is 11.5 Å². The molecule has 0 fully saturated rings. The van der Waals surface area contributed by atoms with Crippen LogP contribution in [0.5, 0.6) is 11.5 Å². The highest BCUT2D eigenvalue weighted by Crippen LogP contribution is 2.29. The molecule has 0 aromatic heterocycles. The van der Waals surface area contributed by atoms with Gasteiger partial charge >= 0.3 is 0 Å². The van der Waals surface area contributed by atoms with Crippen molar-refractivity contribution in [2.75, 3.05) is 20.8 Å². The van der Waals surface area contributed by atoms with E-state index in [-0.39, 0.29) is 6.61 Å². The first-order chi connectivity index (χ1) is 6.72. The Morgan fingerprint density at radius 1 is 1.21 bits per heavy atom. The Hall–Kier alpha value is -1.22. The van der Waals surface area contributed by atoms with Crippen molar-refractivity contribution in [1.82, 2.24) is 0 Å². The number of hydrogen-bond acceptors (Lipinski definition) is 3. The molecule has 3 nitrogen and oxygen atoms in total. The Balaban J connectivity index is 3.01. The lowest BCUT2D eigenvalue weighted by atomic mass is 10.0. The maximum atomic E-state index is 8.97. The monoisotopic (exact) mass is 195 g/mol. The van der Waals surface area contributed by atoms with Crippen molar-refractivity contribution in [1.29, 1.82) is 0 Å². The van der Waals surface area contributed by atoms with E-state index in [1.807, 2.05) is 25.1 Å². The molecule has 1 rings (SSSR count). The molecule has 77 valence electrons. The van der Waals surface area contributed by atoms with Gasteiger partial charge in [-0.3, -0.25) is 0 Å². The largest absolute Gasteiger partial charge is 0.493 e. The van der Waals surface area contributed by atoms with Gasteiger partial charge < -0.3 is 14.6 Å². The highest BCUT2D eigenvalue weighted by atomic mass is 16.5. The molecule has 14 heavy (non-hydrogen) atoms. The molecule has 1 radical (unpaired) electrons. The molecule has 0 atom stereocenters. The molecule has 0 saturated carbocycles. The summed E-state index contributed by atoms with van der Waals surface area (Å²) < 4.78 is 10.3. The first kappa shape index (κ1) is 10.9. The van der Waals surface area contributed by atoms with Crippen molar-refractivity contribution < 1.29 is 14.6 Å². The molecular formula is C11H15O3. The van der Waals surface area contributed by atoms with Crippen LogP contribution in [0.1, 0.15) is 12.5 Å². The van der Waals surface area contributed by atoms with E-state index in [9.17, 15) is 0 Å². The van der Waals surface area contributed by atoms with Gasteiger partial charge in [-0.25, -0.2) is 0 Å². The summed E-state index contributed by atoms with van der Waals surface area (Å²) in [5.74, 6) is 2.28. The van der Waals surface area contributed by atoms with Crippen LogP contribution in [-0.4, -0.2) is 25.9 Å². The first-order valence-electron chi connectivity index (χ1n) is 4.38. The van der Waals surface area contributed by atoms with Gasteiger partial charge in [0.05, 0.1) is 20.8 Å². The Kier molecular flexibility index (Phi) is 3.77. The Morgan fingerprint density at radius 3 is 2.36 bits per heavy atom. The summed E-state index contributed by atoms with van der Waals surface area (Å²) in [6.45, 7) is 1.93. The highest BCUT2D eigenvalue weighted by Gasteiger charge is 2.09. The zero-order valence-electron chi connectivity index (χ0n) is 8.70. The Bertz CT molecular complexity index is 297. The van der Waals surface area contributed by atoms with Gasteiger partial charge in [0.2, 0.25) is 0 Å². The SMILES string of the molecule is COc1ccc([C](C)CO)cc1OC. The van der Waals surface area contributed by atoms with Gasteiger partial charge in [-0.2, -0.15) is 0 Å². The fraction of sp³-hybridized carbons (Fsp3) is 0.364. The van der Waals surface area contributed by atoms with Crippen LogP contribution in [0.15, 0.2) is 18.2 Å². The summed E-state index contributed by atoms with van der Waals surface area (Å²) in [5.41, 5.74) is 0.963. The molecule has 0 spiro atoms. The number of aliphatic hydroxyl groups excluding tert-OH is 1. The average Bonchev–Trinajstić information content (AvgIpc) is 2.26. The number of rotatable bonds is 4. The molecule has 0 heterocycles. The summed E-state index contributed by atoms with van der Waals surface area (Å²) in [7, 11) is 3.19. The summed E-state index contributed by atoms with van der Waals surface area (Å²) in [4.78, 5) is 0. The Labute approximate surface area is 84.3 Å². The van der Waals surface area contributed by atoms with Crippen molar-refractivity contribution in [2.45, 2.75) is 6.92 Å². The molecule has 0 amide bonds. The van der Waals surface area contributed by atoms with Crippen LogP contribution in [0.4, 0.5) is 0 Å². The van der Waals surface area contributed by atoms with Crippen LogP contribution >= 0.6 is 0 Å². The maximum absolute atomic E-state index is 8.97. The number of methoxy groups -OCH3 is 2. The predicted octanol–water partition coefficient (Wildman–Crippen LogP) is 1.64. The minimum atomic E-state index is 0.0511. The fourth-order valence-electron chi connectivity index (χ4n) is 1.19. The van der Waals surface area contributed by atoms with Gasteiger partial charge in [-0.1, -0.05) is 13.0 Å². The van der Waals surface area contributed by atoms with Crippen LogP contribution < -0.4 is 9.47 Å². The normalized spacial score (nSPS) is 10.4. The van der Waals surface area contributed by atoms with Crippen LogP contribution in [-0.2, 0) is 0 Å². The molecule has 1 N–H and O–H groups in total. The molecular weight excluding hydrogens is 180 g/mol. The van der Waals surface area contributed by atoms with Crippen molar-refractivity contribution in [3.8, 4) is 11.5 Å². The maximum Gasteiger partial charge on any atom is 0.161 e. The third-order valence-corrected chi connectivity index (χ3v) is 2.11. The third kappa shape index (κ3) is 2.17. The zero-order valence-corrected chi connectivity index (χ0v) is 8.70. The van der Waals surface area contributed by atoms with Gasteiger partial charge in [-0.15, -0.1) is 0 Å². The highest BCUT2D eigenvalue weighted by molar-refractivity contribution is 5.46. The average molecular weight is 195 g/mol. The van der Waals surface area contributed by atoms with E-state index in [0.29, 0.717) is 11.5 Å². The van der Waals surface area contributed by atoms with E-state index in [1.54, 1.807) is 14.2 Å². The number of ether oxygens (including phenoxy) is 2. The van der Waals surface area contributed by atoms with Crippen molar-refractivity contribution in [2.24, 2.45) is 0 Å². The van der Waals surface area contributed by atoms with Crippen LogP contribution in [0.25, 0.3) is 0 Å². The van der Waals surface area contributed by atoms with Crippen molar-refractivity contribution >= 4 is 0 Å². The van der Waals surface area contributed by atoms with Gasteiger partial charge in [0.1, 0.15) is 0 Å². The zero-order chi connectivity index (χ0) is 10.6. The molecule has 1 aromatic rings. The van der Waals surface area contributed by atoms with Crippen molar-refractivity contribution in [3.63, 3.8) is 0 Å². The molecule has 0 bridgehead atoms. The number of benzene rings is 1. The molecule has 0 aliphatic heterocycles. The smallest absolute Gasteiger partial charge is 0.161 e. The Morgan fingerprint density at radius 2 is 1.86 bits per heavy atom. The second-order valence-electron chi connectivity index (χ2n) is 3.01. The van der Waals surface area contributed by atoms with E-state index in [4.69, 9.17) is 14.6 Å². The lowest BCUT2D eigenvalue weighted by molar-refractivity contribution is 0.314. The lowest BCUT2D eigenvalue weighted by Gasteiger charge is -2.12. The van der Waals surface area contributed by atoms with E-state index < -0.39 is 0 Å². The second kappa shape index (κ2) is 4.86. The molecule has 0 aliphatic rings. The van der Waals surface area contributed by atoms with Crippen LogP contribution in [0, 0.1) is 5.92 Å². The van der Waals surface area contributed by atoms with Crippen LogP contribution in [0.2, 0.25) is 0 Å². The predicted molar refractivity (Wildman–Crippen MR) is 54.7 cm³/mol. The second-order valence-corrected chi connectivity index (χ2v) is 3.01. The van der Waals surface area contributed by atoms with Crippen LogP contribution in [0.3, 0.4) is 0 Å². The fourth-order valence-corrected chi connectivity index (χ4v) is 1.19. The third-order valence-electron chi connectivity index (χ3n) is 2.11. The minimum Gasteiger partial charge on any atom is -0.493 e.